The summed E-state index contributed by atoms with van der Waals surface area (Å²) in [5, 5.41) is 12.4. The molecule has 1 heterocycles. The molecule has 0 spiro atoms. The van der Waals surface area contributed by atoms with Gasteiger partial charge in [-0.3, -0.25) is 4.79 Å². The van der Waals surface area contributed by atoms with Crippen molar-refractivity contribution in [3.8, 4) is 6.07 Å². The van der Waals surface area contributed by atoms with Crippen LogP contribution in [0.1, 0.15) is 46.0 Å². The fourth-order valence-electron chi connectivity index (χ4n) is 2.23. The lowest BCUT2D eigenvalue weighted by Crippen LogP contribution is -2.46. The molecule has 0 radical (unpaired) electrons. The summed E-state index contributed by atoms with van der Waals surface area (Å²) in [5.41, 5.74) is -0.197. The average Bonchev–Trinajstić information content (AvgIpc) is 2.33. The highest BCUT2D eigenvalue weighted by Crippen LogP contribution is 2.21. The lowest BCUT2D eigenvalue weighted by molar-refractivity contribution is -0.132. The van der Waals surface area contributed by atoms with Crippen molar-refractivity contribution in [1.82, 2.24) is 10.2 Å². The summed E-state index contributed by atoms with van der Waals surface area (Å²) in [6.07, 6.45) is 4.74. The Bertz CT molecular complexity index is 319. The zero-order valence-electron chi connectivity index (χ0n) is 11.8. The van der Waals surface area contributed by atoms with Gasteiger partial charge in [0.2, 0.25) is 5.91 Å². The number of nitriles is 1. The van der Waals surface area contributed by atoms with Crippen LogP contribution in [0.4, 0.5) is 0 Å². The second kappa shape index (κ2) is 6.75. The Morgan fingerprint density at radius 3 is 2.83 bits per heavy atom. The maximum Gasteiger partial charge on any atom is 0.222 e. The van der Waals surface area contributed by atoms with E-state index in [0.717, 1.165) is 38.8 Å². The standard InChI is InChI=1S/C14H25N3O/c1-14(2,11-15)8-4-5-9-16-12-6-7-13(18)17(3)10-12/h12,16H,4-10H2,1-3H3. The number of piperidine rings is 1. The number of hydrogen-bond donors (Lipinski definition) is 1. The summed E-state index contributed by atoms with van der Waals surface area (Å²) in [6.45, 7) is 5.78. The molecule has 4 heteroatoms. The smallest absolute Gasteiger partial charge is 0.222 e. The molecule has 1 fully saturated rings. The number of carbonyl (C=O) groups excluding carboxylic acids is 1. The van der Waals surface area contributed by atoms with Crippen LogP contribution in [-0.2, 0) is 4.79 Å². The van der Waals surface area contributed by atoms with E-state index in [1.54, 1.807) is 4.90 Å². The number of hydrogen-bond acceptors (Lipinski definition) is 3. The van der Waals surface area contributed by atoms with Crippen molar-refractivity contribution in [2.45, 2.75) is 52.0 Å². The highest BCUT2D eigenvalue weighted by Gasteiger charge is 2.22. The molecule has 0 aliphatic carbocycles. The summed E-state index contributed by atoms with van der Waals surface area (Å²) >= 11 is 0. The number of nitrogens with zero attached hydrogens (tertiary/aromatic N) is 2. The lowest BCUT2D eigenvalue weighted by atomic mass is 9.89. The summed E-state index contributed by atoms with van der Waals surface area (Å²) in [4.78, 5) is 13.1. The molecule has 4 nitrogen and oxygen atoms in total. The van der Waals surface area contributed by atoms with Crippen LogP contribution >= 0.6 is 0 Å². The average molecular weight is 251 g/mol. The predicted octanol–water partition coefficient (Wildman–Crippen LogP) is 1.92. The SMILES string of the molecule is CN1CC(NCCCCC(C)(C)C#N)CCC1=O. The fraction of sp³-hybridized carbons (Fsp3) is 0.857. The third kappa shape index (κ3) is 5.05. The molecule has 18 heavy (non-hydrogen) atoms. The van der Waals surface area contributed by atoms with Crippen LogP contribution in [0.2, 0.25) is 0 Å². The molecular weight excluding hydrogens is 226 g/mol. The molecule has 1 aliphatic heterocycles. The van der Waals surface area contributed by atoms with Gasteiger partial charge < -0.3 is 10.2 Å². The molecule has 1 saturated heterocycles. The summed E-state index contributed by atoms with van der Waals surface area (Å²) in [5.74, 6) is 0.254. The van der Waals surface area contributed by atoms with Gasteiger partial charge >= 0.3 is 0 Å². The van der Waals surface area contributed by atoms with E-state index in [1.807, 2.05) is 20.9 Å². The van der Waals surface area contributed by atoms with Crippen molar-refractivity contribution >= 4 is 5.91 Å². The van der Waals surface area contributed by atoms with Gasteiger partial charge in [0.25, 0.3) is 0 Å². The molecule has 0 aromatic rings. The topological polar surface area (TPSA) is 56.1 Å². The minimum Gasteiger partial charge on any atom is -0.344 e. The summed E-state index contributed by atoms with van der Waals surface area (Å²) in [6, 6.07) is 2.77. The van der Waals surface area contributed by atoms with E-state index in [9.17, 15) is 4.79 Å². The van der Waals surface area contributed by atoms with Crippen LogP contribution in [0.3, 0.4) is 0 Å². The Morgan fingerprint density at radius 1 is 1.50 bits per heavy atom. The van der Waals surface area contributed by atoms with E-state index in [2.05, 4.69) is 11.4 Å². The molecule has 0 aromatic carbocycles. The molecule has 1 rings (SSSR count). The van der Waals surface area contributed by atoms with E-state index < -0.39 is 0 Å². The zero-order valence-corrected chi connectivity index (χ0v) is 11.8. The van der Waals surface area contributed by atoms with E-state index in [4.69, 9.17) is 5.26 Å². The Morgan fingerprint density at radius 2 is 2.22 bits per heavy atom. The number of likely N-dealkylation sites (N-methyl/N-ethyl adjacent to an activating group) is 1. The Hall–Kier alpha value is -1.08. The van der Waals surface area contributed by atoms with Crippen molar-refractivity contribution in [3.63, 3.8) is 0 Å². The van der Waals surface area contributed by atoms with Crippen LogP contribution in [0.15, 0.2) is 0 Å². The van der Waals surface area contributed by atoms with Crippen LogP contribution in [-0.4, -0.2) is 37.0 Å². The second-order valence-corrected chi connectivity index (χ2v) is 5.92. The molecular formula is C14H25N3O. The van der Waals surface area contributed by atoms with Crippen molar-refractivity contribution < 1.29 is 4.79 Å². The number of rotatable bonds is 6. The van der Waals surface area contributed by atoms with Gasteiger partial charge in [-0.15, -0.1) is 0 Å². The summed E-state index contributed by atoms with van der Waals surface area (Å²) < 4.78 is 0. The van der Waals surface area contributed by atoms with E-state index in [-0.39, 0.29) is 11.3 Å². The number of unbranched alkanes of at least 4 members (excludes halogenated alkanes) is 1. The maximum atomic E-state index is 11.3. The summed E-state index contributed by atoms with van der Waals surface area (Å²) in [7, 11) is 1.87. The number of nitrogens with one attached hydrogen (secondary N) is 1. The van der Waals surface area contributed by atoms with E-state index >= 15 is 0 Å². The van der Waals surface area contributed by atoms with Gasteiger partial charge in [-0.05, 0) is 39.7 Å². The first-order chi connectivity index (χ1) is 8.44. The van der Waals surface area contributed by atoms with E-state index in [0.29, 0.717) is 12.5 Å². The van der Waals surface area contributed by atoms with Gasteiger partial charge in [0.1, 0.15) is 0 Å². The molecule has 1 N–H and O–H groups in total. The minimum absolute atomic E-state index is 0.197. The zero-order chi connectivity index (χ0) is 13.6. The highest BCUT2D eigenvalue weighted by molar-refractivity contribution is 5.76. The maximum absolute atomic E-state index is 11.3. The van der Waals surface area contributed by atoms with Crippen LogP contribution in [0.5, 0.6) is 0 Å². The highest BCUT2D eigenvalue weighted by atomic mass is 16.2. The normalized spacial score (nSPS) is 20.9. The van der Waals surface area contributed by atoms with Crippen molar-refractivity contribution in [2.24, 2.45) is 5.41 Å². The van der Waals surface area contributed by atoms with Gasteiger partial charge in [-0.1, -0.05) is 6.42 Å². The molecule has 102 valence electrons. The third-order valence-corrected chi connectivity index (χ3v) is 3.59. The lowest BCUT2D eigenvalue weighted by Gasteiger charge is -2.30. The first-order valence-corrected chi connectivity index (χ1v) is 6.83. The van der Waals surface area contributed by atoms with Crippen molar-refractivity contribution in [2.75, 3.05) is 20.1 Å². The first kappa shape index (κ1) is 15.0. The molecule has 1 unspecified atom stereocenters. The second-order valence-electron chi connectivity index (χ2n) is 5.92. The van der Waals surface area contributed by atoms with Gasteiger partial charge in [0, 0.05) is 26.1 Å². The van der Waals surface area contributed by atoms with Crippen LogP contribution in [0.25, 0.3) is 0 Å². The quantitative estimate of drug-likeness (QED) is 0.734. The van der Waals surface area contributed by atoms with E-state index in [1.165, 1.54) is 0 Å². The van der Waals surface area contributed by atoms with Gasteiger partial charge in [0.15, 0.2) is 0 Å². The molecule has 0 aromatic heterocycles. The van der Waals surface area contributed by atoms with Crippen molar-refractivity contribution in [3.05, 3.63) is 0 Å². The number of amides is 1. The first-order valence-electron chi connectivity index (χ1n) is 6.83. The molecule has 0 saturated carbocycles. The third-order valence-electron chi connectivity index (χ3n) is 3.59. The van der Waals surface area contributed by atoms with Gasteiger partial charge in [0.05, 0.1) is 11.5 Å². The van der Waals surface area contributed by atoms with Crippen LogP contribution in [0, 0.1) is 16.7 Å². The Balaban J connectivity index is 2.09. The number of carbonyl (C=O) groups is 1. The van der Waals surface area contributed by atoms with Crippen LogP contribution < -0.4 is 5.32 Å². The Labute approximate surface area is 110 Å². The molecule has 1 aliphatic rings. The fourth-order valence-corrected chi connectivity index (χ4v) is 2.23. The largest absolute Gasteiger partial charge is 0.344 e. The monoisotopic (exact) mass is 251 g/mol. The Kier molecular flexibility index (Phi) is 5.61. The predicted molar refractivity (Wildman–Crippen MR) is 71.9 cm³/mol. The number of likely N-dealkylation sites (tertiary alicyclic amines) is 1. The molecule has 1 atom stereocenters. The van der Waals surface area contributed by atoms with Crippen molar-refractivity contribution in [1.29, 1.82) is 5.26 Å². The molecule has 1 amide bonds. The van der Waals surface area contributed by atoms with Gasteiger partial charge in [-0.2, -0.15) is 5.26 Å². The minimum atomic E-state index is -0.197. The van der Waals surface area contributed by atoms with Gasteiger partial charge in [-0.25, -0.2) is 0 Å². The molecule has 0 bridgehead atoms.